The Balaban J connectivity index is 1.28. The molecule has 7 rings (SSSR count). The van der Waals surface area contributed by atoms with Crippen LogP contribution in [0.15, 0.2) is 156 Å². The molecule has 0 radical (unpaired) electrons. The zero-order valence-electron chi connectivity index (χ0n) is 62.1. The Morgan fingerprint density at radius 2 is 1.02 bits per heavy atom. The molecule has 1 aliphatic heterocycles. The van der Waals surface area contributed by atoms with Crippen molar-refractivity contribution in [1.29, 1.82) is 0 Å². The van der Waals surface area contributed by atoms with Gasteiger partial charge in [0.05, 0.1) is 6.10 Å². The molecule has 0 aromatic heterocycles. The topological polar surface area (TPSA) is 244 Å². The Labute approximate surface area is 622 Å². The fourth-order valence-electron chi connectivity index (χ4n) is 15.0. The molecule has 4 aromatic rings. The molecule has 0 amide bonds. The molecule has 3 aliphatic rings. The van der Waals surface area contributed by atoms with Gasteiger partial charge in [0.15, 0.2) is 12.4 Å². The normalized spacial score (nSPS) is 25.6. The molecule has 109 heavy (non-hydrogen) atoms. The minimum atomic E-state index is -5.64. The standard InChI is InChI=1S/C78H90F12O19/c1-45(34-37-53(104-65(96)72(100-11,76(82,83)84)50-28-20-15-21-29-50)42-47(3)55(43-54-46(2)36-39-58(92)68(54,5)6)106-66(97)73(101-12,77(85,86)87)51-30-22-16-23-31-51)35-38-57-69(7,8)59(40-41-70(57,9)109-48(4)91)107-63-61(94)62(108-67(98)74(102-13,78(88,89)90)52-32-24-17-25-33-52)60(93)56(105-63)44-103-64(95)71(99-10,75(79,80)81)49-26-18-14-19-27-49/h14-34,36,42,53-57,59-63,93-94H,35,37-41,43-44H2,1-13H3/b45-34+,47-42+/t53-,54-,55+,56-,57+,59+,60+,61-,62+,63+,70+,71-,72-,73-,74-/m1/s1. The lowest BCUT2D eigenvalue weighted by Crippen LogP contribution is -2.64. The number of aliphatic hydroxyl groups is 2. The molecule has 1 heterocycles. The van der Waals surface area contributed by atoms with Gasteiger partial charge in [-0.25, -0.2) is 19.2 Å². The van der Waals surface area contributed by atoms with Gasteiger partial charge in [-0.3, -0.25) is 9.59 Å². The number of benzene rings is 4. The molecule has 2 fully saturated rings. The van der Waals surface area contributed by atoms with Crippen molar-refractivity contribution in [2.45, 2.75) is 209 Å². The average Bonchev–Trinajstić information content (AvgIpc) is 0.758. The van der Waals surface area contributed by atoms with Crippen molar-refractivity contribution in [3.05, 3.63) is 179 Å². The van der Waals surface area contributed by atoms with Crippen LogP contribution in [0.5, 0.6) is 0 Å². The van der Waals surface area contributed by atoms with E-state index in [0.717, 1.165) is 85.8 Å². The molecule has 1 saturated carbocycles. The molecule has 15 atom stereocenters. The summed E-state index contributed by atoms with van der Waals surface area (Å²) < 4.78 is 246. The highest BCUT2D eigenvalue weighted by Crippen LogP contribution is 2.54. The molecule has 600 valence electrons. The van der Waals surface area contributed by atoms with Gasteiger partial charge in [0.1, 0.15) is 48.5 Å². The zero-order valence-corrected chi connectivity index (χ0v) is 62.1. The fraction of sp³-hybridized carbons (Fsp3) is 0.538. The molecule has 2 aliphatic carbocycles. The minimum absolute atomic E-state index is 0.0156. The number of allylic oxidation sites excluding steroid dienone is 3. The van der Waals surface area contributed by atoms with Crippen LogP contribution in [0.4, 0.5) is 52.7 Å². The van der Waals surface area contributed by atoms with Crippen molar-refractivity contribution in [2.75, 3.05) is 35.0 Å². The second-order valence-corrected chi connectivity index (χ2v) is 28.6. The number of carbonyl (C=O) groups excluding carboxylic acids is 6. The number of halogens is 12. The van der Waals surface area contributed by atoms with E-state index in [1.54, 1.807) is 54.5 Å². The van der Waals surface area contributed by atoms with Gasteiger partial charge in [-0.15, -0.1) is 0 Å². The van der Waals surface area contributed by atoms with Crippen molar-refractivity contribution in [3.8, 4) is 0 Å². The summed E-state index contributed by atoms with van der Waals surface area (Å²) in [5, 5.41) is 24.1. The molecular formula is C78H90F12O19. The highest BCUT2D eigenvalue weighted by molar-refractivity contribution is 5.88. The maximum atomic E-state index is 15.7. The van der Waals surface area contributed by atoms with Gasteiger partial charge >= 0.3 is 54.6 Å². The Hall–Kier alpha value is -8.04. The van der Waals surface area contributed by atoms with E-state index in [0.29, 0.717) is 39.6 Å². The highest BCUT2D eigenvalue weighted by atomic mass is 19.4. The van der Waals surface area contributed by atoms with E-state index in [4.69, 9.17) is 52.1 Å². The monoisotopic (exact) mass is 1560 g/mol. The zero-order chi connectivity index (χ0) is 81.5. The number of methoxy groups -OCH3 is 4. The van der Waals surface area contributed by atoms with Gasteiger partial charge in [0.25, 0.3) is 22.4 Å². The summed E-state index contributed by atoms with van der Waals surface area (Å²) in [5.74, 6) is -11.2. The first-order valence-electron chi connectivity index (χ1n) is 34.6. The predicted octanol–water partition coefficient (Wildman–Crippen LogP) is 14.3. The number of aliphatic hydroxyl groups excluding tert-OH is 2. The van der Waals surface area contributed by atoms with E-state index in [1.165, 1.54) is 61.5 Å². The van der Waals surface area contributed by atoms with Gasteiger partial charge in [0.2, 0.25) is 0 Å². The lowest BCUT2D eigenvalue weighted by atomic mass is 9.58. The lowest BCUT2D eigenvalue weighted by Gasteiger charge is -2.54. The van der Waals surface area contributed by atoms with E-state index in [-0.39, 0.29) is 43.5 Å². The summed E-state index contributed by atoms with van der Waals surface area (Å²) in [5.41, 5.74) is -21.7. The molecule has 0 unspecified atom stereocenters. The second-order valence-electron chi connectivity index (χ2n) is 28.6. The number of carbonyl (C=O) groups is 6. The molecule has 1 saturated heterocycles. The van der Waals surface area contributed by atoms with Crippen molar-refractivity contribution in [2.24, 2.45) is 22.7 Å². The Kier molecular flexibility index (Phi) is 27.7. The molecular weight excluding hydrogens is 1470 g/mol. The first-order valence-corrected chi connectivity index (χ1v) is 34.6. The second kappa shape index (κ2) is 34.3. The summed E-state index contributed by atoms with van der Waals surface area (Å²) in [7, 11) is 2.33. The molecule has 4 aromatic carbocycles. The number of hydrogen-bond acceptors (Lipinski definition) is 19. The summed E-state index contributed by atoms with van der Waals surface area (Å²) in [6.07, 6.45) is -36.3. The number of rotatable bonds is 29. The molecule has 2 N–H and O–H groups in total. The third kappa shape index (κ3) is 17.7. The molecule has 0 bridgehead atoms. The van der Waals surface area contributed by atoms with E-state index in [1.807, 2.05) is 0 Å². The van der Waals surface area contributed by atoms with E-state index in [2.05, 4.69) is 0 Å². The first-order chi connectivity index (χ1) is 50.7. The summed E-state index contributed by atoms with van der Waals surface area (Å²) in [6, 6.07) is 22.2. The van der Waals surface area contributed by atoms with E-state index < -0.39 is 196 Å². The quantitative estimate of drug-likeness (QED) is 0.0222. The smallest absolute Gasteiger partial charge is 0.432 e. The average molecular weight is 1560 g/mol. The number of ether oxygens (including phenoxy) is 11. The maximum absolute atomic E-state index is 15.7. The van der Waals surface area contributed by atoms with Crippen LogP contribution in [0.2, 0.25) is 0 Å². The highest BCUT2D eigenvalue weighted by Gasteiger charge is 2.69. The van der Waals surface area contributed by atoms with Crippen LogP contribution in [0.25, 0.3) is 0 Å². The predicted molar refractivity (Wildman–Crippen MR) is 364 cm³/mol. The number of ketones is 1. The molecule has 0 spiro atoms. The van der Waals surface area contributed by atoms with Crippen LogP contribution in [0.3, 0.4) is 0 Å². The summed E-state index contributed by atoms with van der Waals surface area (Å²) >= 11 is 0. The van der Waals surface area contributed by atoms with Crippen LogP contribution in [-0.4, -0.2) is 160 Å². The third-order valence-electron chi connectivity index (χ3n) is 21.2. The van der Waals surface area contributed by atoms with Crippen molar-refractivity contribution >= 4 is 35.6 Å². The van der Waals surface area contributed by atoms with Crippen LogP contribution >= 0.6 is 0 Å². The summed E-state index contributed by atoms with van der Waals surface area (Å²) in [4.78, 5) is 84.0. The fourth-order valence-corrected chi connectivity index (χ4v) is 15.0. The van der Waals surface area contributed by atoms with Gasteiger partial charge in [-0.2, -0.15) is 52.7 Å². The summed E-state index contributed by atoms with van der Waals surface area (Å²) in [6.45, 7) is 12.2. The first kappa shape index (κ1) is 88.2. The molecule has 31 heteroatoms. The Morgan fingerprint density at radius 3 is 1.44 bits per heavy atom. The van der Waals surface area contributed by atoms with Crippen molar-refractivity contribution in [3.63, 3.8) is 0 Å². The van der Waals surface area contributed by atoms with E-state index in [9.17, 15) is 39.0 Å². The van der Waals surface area contributed by atoms with Crippen LogP contribution in [0, 0.1) is 22.7 Å². The SMILES string of the molecule is CO[C@@](C(=O)OC[C@H]1O[C@@H](O[C@H]2CC[C@](C)(OC(C)=O)[C@@H](CC/C(C)=C/C[C@H](/C=C(\C)[C@H](C[C@@H]3C(C)=CCC(=O)C3(C)C)OC(=O)[C@](OC)(c3ccccc3)C(F)(F)F)OC(=O)[C@](OC)(c3ccccc3)C(F)(F)F)C2(C)C)[C@H](O)[C@@H](OC(=O)[C@](OC)(c2ccccc2)C(F)(F)F)[C@H]1O)(c1ccccc1)C(F)(F)F. The van der Waals surface area contributed by atoms with Gasteiger partial charge in [0, 0.05) is 81.8 Å². The van der Waals surface area contributed by atoms with Gasteiger partial charge < -0.3 is 62.3 Å². The largest absolute Gasteiger partial charge is 0.460 e. The number of alkyl halides is 12. The number of hydrogen-bond donors (Lipinski definition) is 2. The van der Waals surface area contributed by atoms with Crippen molar-refractivity contribution in [1.82, 2.24) is 0 Å². The van der Waals surface area contributed by atoms with Gasteiger partial charge in [-0.05, 0) is 82.8 Å². The maximum Gasteiger partial charge on any atom is 0.432 e. The van der Waals surface area contributed by atoms with Crippen LogP contribution in [0.1, 0.15) is 130 Å². The van der Waals surface area contributed by atoms with Crippen molar-refractivity contribution < 1.29 is 144 Å². The van der Waals surface area contributed by atoms with Gasteiger partial charge in [-0.1, -0.05) is 172 Å². The van der Waals surface area contributed by atoms with Crippen LogP contribution in [-0.2, 0) is 103 Å². The van der Waals surface area contributed by atoms with E-state index >= 15 is 52.7 Å². The Bertz CT molecular complexity index is 3900. The third-order valence-corrected chi connectivity index (χ3v) is 21.2. The Morgan fingerprint density at radius 1 is 0.596 bits per heavy atom. The number of Topliss-reactive ketones (excluding diaryl/α,β-unsaturated/α-hetero) is 1. The molecule has 19 nitrogen and oxygen atoms in total. The number of esters is 5. The lowest BCUT2D eigenvalue weighted by molar-refractivity contribution is -0.336. The van der Waals surface area contributed by atoms with Crippen LogP contribution < -0.4 is 0 Å². The minimum Gasteiger partial charge on any atom is -0.460 e.